The summed E-state index contributed by atoms with van der Waals surface area (Å²) in [4.78, 5) is 18.5. The first-order valence-electron chi connectivity index (χ1n) is 6.68. The Morgan fingerprint density at radius 3 is 2.85 bits per heavy atom. The van der Waals surface area contributed by atoms with E-state index in [-0.39, 0.29) is 5.91 Å². The second kappa shape index (κ2) is 5.32. The molecule has 2 aromatic heterocycles. The summed E-state index contributed by atoms with van der Waals surface area (Å²) in [5.41, 5.74) is 1.43. The minimum atomic E-state index is -0.278. The number of nitrogens with one attached hydrogen (secondary N) is 1. The van der Waals surface area contributed by atoms with Crippen LogP contribution in [0.3, 0.4) is 0 Å². The fourth-order valence-electron chi connectivity index (χ4n) is 2.32. The van der Waals surface area contributed by atoms with Crippen LogP contribution < -0.4 is 10.2 Å². The first-order valence-corrected chi connectivity index (χ1v) is 6.68. The highest BCUT2D eigenvalue weighted by molar-refractivity contribution is 6.02. The third kappa shape index (κ3) is 2.64. The van der Waals surface area contributed by atoms with E-state index in [9.17, 15) is 4.79 Å². The molecule has 6 nitrogen and oxygen atoms in total. The largest absolute Gasteiger partial charge is 0.371 e. The molecule has 3 heterocycles. The lowest BCUT2D eigenvalue weighted by Crippen LogP contribution is -2.19. The van der Waals surface area contributed by atoms with E-state index in [1.807, 2.05) is 12.1 Å². The normalized spacial score (nSPS) is 14.6. The van der Waals surface area contributed by atoms with Gasteiger partial charge in [-0.1, -0.05) is 5.16 Å². The first kappa shape index (κ1) is 12.7. The SMILES string of the molecule is Cc1cc(NC(=O)c2cc(N3CCCC3)ccn2)no1. The molecule has 6 heteroatoms. The summed E-state index contributed by atoms with van der Waals surface area (Å²) in [6.45, 7) is 3.84. The predicted molar refractivity (Wildman–Crippen MR) is 74.9 cm³/mol. The van der Waals surface area contributed by atoms with Crippen molar-refractivity contribution in [1.82, 2.24) is 10.1 Å². The third-order valence-electron chi connectivity index (χ3n) is 3.32. The van der Waals surface area contributed by atoms with Crippen LogP contribution in [0, 0.1) is 6.92 Å². The Morgan fingerprint density at radius 2 is 2.15 bits per heavy atom. The van der Waals surface area contributed by atoms with Gasteiger partial charge in [-0.15, -0.1) is 0 Å². The van der Waals surface area contributed by atoms with Crippen molar-refractivity contribution < 1.29 is 9.32 Å². The lowest BCUT2D eigenvalue weighted by molar-refractivity contribution is 0.102. The van der Waals surface area contributed by atoms with Crippen molar-refractivity contribution in [3.63, 3.8) is 0 Å². The van der Waals surface area contributed by atoms with Crippen LogP contribution in [0.5, 0.6) is 0 Å². The molecule has 2 aromatic rings. The summed E-state index contributed by atoms with van der Waals surface area (Å²) >= 11 is 0. The predicted octanol–water partition coefficient (Wildman–Crippen LogP) is 2.23. The quantitative estimate of drug-likeness (QED) is 0.927. The van der Waals surface area contributed by atoms with Crippen LogP contribution in [-0.4, -0.2) is 29.1 Å². The molecule has 1 N–H and O–H groups in total. The summed E-state index contributed by atoms with van der Waals surface area (Å²) < 4.78 is 4.91. The Labute approximate surface area is 116 Å². The van der Waals surface area contributed by atoms with Crippen LogP contribution in [0.2, 0.25) is 0 Å². The molecule has 0 unspecified atom stereocenters. The van der Waals surface area contributed by atoms with Gasteiger partial charge in [-0.3, -0.25) is 9.78 Å². The number of rotatable bonds is 3. The van der Waals surface area contributed by atoms with Crippen molar-refractivity contribution >= 4 is 17.4 Å². The first-order chi connectivity index (χ1) is 9.72. The maximum Gasteiger partial charge on any atom is 0.275 e. The van der Waals surface area contributed by atoms with Gasteiger partial charge >= 0.3 is 0 Å². The molecule has 20 heavy (non-hydrogen) atoms. The van der Waals surface area contributed by atoms with Crippen molar-refractivity contribution in [2.75, 3.05) is 23.3 Å². The second-order valence-corrected chi connectivity index (χ2v) is 4.87. The summed E-state index contributed by atoms with van der Waals surface area (Å²) in [5.74, 6) is 0.777. The fourth-order valence-corrected chi connectivity index (χ4v) is 2.32. The number of amides is 1. The molecule has 1 aliphatic heterocycles. The van der Waals surface area contributed by atoms with Crippen molar-refractivity contribution in [2.24, 2.45) is 0 Å². The number of hydrogen-bond acceptors (Lipinski definition) is 5. The van der Waals surface area contributed by atoms with Gasteiger partial charge in [0.25, 0.3) is 5.91 Å². The Balaban J connectivity index is 1.75. The highest BCUT2D eigenvalue weighted by Gasteiger charge is 2.15. The van der Waals surface area contributed by atoms with E-state index in [0.29, 0.717) is 17.3 Å². The van der Waals surface area contributed by atoms with Gasteiger partial charge in [0.1, 0.15) is 11.5 Å². The summed E-state index contributed by atoms with van der Waals surface area (Å²) in [6.07, 6.45) is 4.06. The Kier molecular flexibility index (Phi) is 3.37. The third-order valence-corrected chi connectivity index (χ3v) is 3.32. The summed E-state index contributed by atoms with van der Waals surface area (Å²) in [7, 11) is 0. The second-order valence-electron chi connectivity index (χ2n) is 4.87. The lowest BCUT2D eigenvalue weighted by atomic mass is 10.3. The van der Waals surface area contributed by atoms with Crippen LogP contribution >= 0.6 is 0 Å². The Bertz CT molecular complexity index is 617. The molecular formula is C14H16N4O2. The number of aromatic nitrogens is 2. The molecule has 0 radical (unpaired) electrons. The zero-order valence-corrected chi connectivity index (χ0v) is 11.3. The molecule has 0 atom stereocenters. The topological polar surface area (TPSA) is 71.3 Å². The molecule has 1 amide bonds. The molecule has 0 bridgehead atoms. The number of pyridine rings is 1. The van der Waals surface area contributed by atoms with Crippen molar-refractivity contribution in [1.29, 1.82) is 0 Å². The number of aryl methyl sites for hydroxylation is 1. The highest BCUT2D eigenvalue weighted by Crippen LogP contribution is 2.20. The van der Waals surface area contributed by atoms with Gasteiger partial charge in [-0.05, 0) is 31.9 Å². The van der Waals surface area contributed by atoms with Crippen LogP contribution in [0.15, 0.2) is 28.9 Å². The smallest absolute Gasteiger partial charge is 0.275 e. The van der Waals surface area contributed by atoms with Gasteiger partial charge in [-0.25, -0.2) is 0 Å². The van der Waals surface area contributed by atoms with E-state index in [2.05, 4.69) is 20.4 Å². The highest BCUT2D eigenvalue weighted by atomic mass is 16.5. The summed E-state index contributed by atoms with van der Waals surface area (Å²) in [5, 5.41) is 6.41. The van der Waals surface area contributed by atoms with E-state index < -0.39 is 0 Å². The van der Waals surface area contributed by atoms with Crippen LogP contribution in [0.25, 0.3) is 0 Å². The van der Waals surface area contributed by atoms with Gasteiger partial charge in [0.2, 0.25) is 0 Å². The fraction of sp³-hybridized carbons (Fsp3) is 0.357. The van der Waals surface area contributed by atoms with E-state index in [1.54, 1.807) is 19.2 Å². The number of carbonyl (C=O) groups excluding carboxylic acids is 1. The minimum Gasteiger partial charge on any atom is -0.371 e. The van der Waals surface area contributed by atoms with Crippen LogP contribution in [0.1, 0.15) is 29.1 Å². The molecule has 3 rings (SSSR count). The van der Waals surface area contributed by atoms with Gasteiger partial charge in [0, 0.05) is 31.0 Å². The van der Waals surface area contributed by atoms with E-state index in [4.69, 9.17) is 4.52 Å². The van der Waals surface area contributed by atoms with Gasteiger partial charge < -0.3 is 14.7 Å². The van der Waals surface area contributed by atoms with E-state index in [0.717, 1.165) is 18.8 Å². The van der Waals surface area contributed by atoms with Crippen LogP contribution in [0.4, 0.5) is 11.5 Å². The van der Waals surface area contributed by atoms with Gasteiger partial charge in [0.05, 0.1) is 0 Å². The van der Waals surface area contributed by atoms with Crippen molar-refractivity contribution in [2.45, 2.75) is 19.8 Å². The molecule has 104 valence electrons. The maximum atomic E-state index is 12.1. The number of hydrogen-bond donors (Lipinski definition) is 1. The van der Waals surface area contributed by atoms with Gasteiger partial charge in [-0.2, -0.15) is 0 Å². The summed E-state index contributed by atoms with van der Waals surface area (Å²) in [6, 6.07) is 5.41. The molecule has 0 saturated carbocycles. The average Bonchev–Trinajstić information content (AvgIpc) is 3.11. The molecular weight excluding hydrogens is 256 g/mol. The molecule has 0 spiro atoms. The number of nitrogens with zero attached hydrogens (tertiary/aromatic N) is 3. The standard InChI is InChI=1S/C14H16N4O2/c1-10-8-13(17-20-10)16-14(19)12-9-11(4-5-15-12)18-6-2-3-7-18/h4-5,8-9H,2-3,6-7H2,1H3,(H,16,17,19). The van der Waals surface area contributed by atoms with Crippen molar-refractivity contribution in [3.05, 3.63) is 35.9 Å². The minimum absolute atomic E-state index is 0.278. The number of anilines is 2. The zero-order valence-electron chi connectivity index (χ0n) is 11.3. The molecule has 1 fully saturated rings. The monoisotopic (exact) mass is 272 g/mol. The molecule has 0 aliphatic carbocycles. The molecule has 1 saturated heterocycles. The van der Waals surface area contributed by atoms with Crippen LogP contribution in [-0.2, 0) is 0 Å². The number of carbonyl (C=O) groups is 1. The molecule has 1 aliphatic rings. The van der Waals surface area contributed by atoms with Gasteiger partial charge in [0.15, 0.2) is 5.82 Å². The Morgan fingerprint density at radius 1 is 1.35 bits per heavy atom. The lowest BCUT2D eigenvalue weighted by Gasteiger charge is -2.17. The zero-order chi connectivity index (χ0) is 13.9. The Hall–Kier alpha value is -2.37. The molecule has 0 aromatic carbocycles. The van der Waals surface area contributed by atoms with Crippen molar-refractivity contribution in [3.8, 4) is 0 Å². The average molecular weight is 272 g/mol. The van der Waals surface area contributed by atoms with E-state index in [1.165, 1.54) is 12.8 Å². The van der Waals surface area contributed by atoms with E-state index >= 15 is 0 Å². The maximum absolute atomic E-state index is 12.1.